The smallest absolute Gasteiger partial charge is 0.224 e. The summed E-state index contributed by atoms with van der Waals surface area (Å²) in [6.07, 6.45) is 1.99. The molecule has 0 saturated heterocycles. The zero-order chi connectivity index (χ0) is 12.5. The lowest BCUT2D eigenvalue weighted by Crippen LogP contribution is -2.27. The number of hydrogen-bond donors (Lipinski definition) is 0. The number of methoxy groups -OCH3 is 1. The van der Waals surface area contributed by atoms with Gasteiger partial charge in [-0.3, -0.25) is 9.59 Å². The van der Waals surface area contributed by atoms with Crippen molar-refractivity contribution in [2.75, 3.05) is 7.11 Å². The van der Waals surface area contributed by atoms with E-state index in [0.717, 1.165) is 0 Å². The zero-order valence-corrected chi connectivity index (χ0v) is 10.5. The molecule has 0 aromatic carbocycles. The second-order valence-electron chi connectivity index (χ2n) is 4.87. The highest BCUT2D eigenvalue weighted by Crippen LogP contribution is 2.34. The minimum absolute atomic E-state index is 0.110. The van der Waals surface area contributed by atoms with Crippen LogP contribution in [0.1, 0.15) is 34.1 Å². The molecule has 3 heteroatoms. The van der Waals surface area contributed by atoms with E-state index in [0.29, 0.717) is 17.6 Å². The summed E-state index contributed by atoms with van der Waals surface area (Å²) < 4.78 is 5.11. The van der Waals surface area contributed by atoms with Crippen LogP contribution >= 0.6 is 0 Å². The fraction of sp³-hybridized carbons (Fsp3) is 0.538. The molecule has 0 N–H and O–H groups in total. The average Bonchev–Trinajstić information content (AvgIpc) is 2.18. The van der Waals surface area contributed by atoms with Crippen LogP contribution in [0.4, 0.5) is 0 Å². The van der Waals surface area contributed by atoms with Gasteiger partial charge in [0.25, 0.3) is 0 Å². The molecule has 16 heavy (non-hydrogen) atoms. The molecule has 0 atom stereocenters. The summed E-state index contributed by atoms with van der Waals surface area (Å²) in [5, 5.41) is 0. The Labute approximate surface area is 96.2 Å². The van der Waals surface area contributed by atoms with Gasteiger partial charge in [0.1, 0.15) is 0 Å². The van der Waals surface area contributed by atoms with E-state index in [1.165, 1.54) is 13.2 Å². The number of carbonyl (C=O) groups excluding carboxylic acids is 2. The summed E-state index contributed by atoms with van der Waals surface area (Å²) in [5.41, 5.74) is 0.612. The van der Waals surface area contributed by atoms with Crippen molar-refractivity contribution in [3.8, 4) is 0 Å². The Morgan fingerprint density at radius 2 is 1.81 bits per heavy atom. The van der Waals surface area contributed by atoms with Gasteiger partial charge in [0, 0.05) is 5.57 Å². The predicted octanol–water partition coefficient (Wildman–Crippen LogP) is 2.42. The van der Waals surface area contributed by atoms with Gasteiger partial charge >= 0.3 is 0 Å². The Hall–Kier alpha value is -1.38. The van der Waals surface area contributed by atoms with Crippen LogP contribution in [-0.2, 0) is 14.3 Å². The van der Waals surface area contributed by atoms with Crippen molar-refractivity contribution >= 4 is 11.6 Å². The third kappa shape index (κ3) is 2.08. The summed E-state index contributed by atoms with van der Waals surface area (Å²) in [6.45, 7) is 7.55. The Kier molecular flexibility index (Phi) is 3.36. The molecule has 0 amide bonds. The minimum atomic E-state index is -0.381. The van der Waals surface area contributed by atoms with Crippen LogP contribution in [0.3, 0.4) is 0 Å². The van der Waals surface area contributed by atoms with Gasteiger partial charge in [-0.2, -0.15) is 0 Å². The van der Waals surface area contributed by atoms with Crippen molar-refractivity contribution in [3.05, 3.63) is 23.0 Å². The molecule has 3 nitrogen and oxygen atoms in total. The van der Waals surface area contributed by atoms with E-state index in [1.54, 1.807) is 0 Å². The first-order valence-corrected chi connectivity index (χ1v) is 5.41. The third-order valence-electron chi connectivity index (χ3n) is 2.61. The molecule has 1 aliphatic carbocycles. The molecule has 0 saturated carbocycles. The van der Waals surface area contributed by atoms with Crippen LogP contribution in [-0.4, -0.2) is 18.7 Å². The molecule has 0 unspecified atom stereocenters. The van der Waals surface area contributed by atoms with Crippen molar-refractivity contribution in [1.82, 2.24) is 0 Å². The van der Waals surface area contributed by atoms with Gasteiger partial charge in [-0.25, -0.2) is 0 Å². The number of carbonyl (C=O) groups is 2. The SMILES string of the molecule is CCC1=CC(=O)C(C(C)(C)C)=C(OC)C1=O. The maximum absolute atomic E-state index is 12.0. The quantitative estimate of drug-likeness (QED) is 0.674. The Bertz CT molecular complexity index is 392. The van der Waals surface area contributed by atoms with Gasteiger partial charge in [-0.05, 0) is 17.9 Å². The normalized spacial score (nSPS) is 17.7. The third-order valence-corrected chi connectivity index (χ3v) is 2.61. The molecular weight excluding hydrogens is 204 g/mol. The maximum Gasteiger partial charge on any atom is 0.224 e. The number of allylic oxidation sites excluding steroid dienone is 3. The van der Waals surface area contributed by atoms with E-state index < -0.39 is 0 Å². The predicted molar refractivity (Wildman–Crippen MR) is 61.9 cm³/mol. The Balaban J connectivity index is 3.34. The highest BCUT2D eigenvalue weighted by Gasteiger charge is 2.35. The van der Waals surface area contributed by atoms with Crippen LogP contribution in [0.5, 0.6) is 0 Å². The first kappa shape index (κ1) is 12.7. The van der Waals surface area contributed by atoms with Crippen molar-refractivity contribution in [2.45, 2.75) is 34.1 Å². The van der Waals surface area contributed by atoms with Crippen molar-refractivity contribution < 1.29 is 14.3 Å². The van der Waals surface area contributed by atoms with Crippen LogP contribution in [0.25, 0.3) is 0 Å². The Morgan fingerprint density at radius 1 is 1.25 bits per heavy atom. The first-order valence-electron chi connectivity index (χ1n) is 5.41. The summed E-state index contributed by atoms with van der Waals surface area (Å²) in [5.74, 6) is -0.0628. The van der Waals surface area contributed by atoms with Crippen LogP contribution in [0, 0.1) is 5.41 Å². The molecule has 0 spiro atoms. The van der Waals surface area contributed by atoms with E-state index in [4.69, 9.17) is 4.74 Å². The maximum atomic E-state index is 12.0. The fourth-order valence-corrected chi connectivity index (χ4v) is 1.83. The second kappa shape index (κ2) is 4.24. The first-order chi connectivity index (χ1) is 7.32. The second-order valence-corrected chi connectivity index (χ2v) is 4.87. The molecule has 0 heterocycles. The number of hydrogen-bond acceptors (Lipinski definition) is 3. The van der Waals surface area contributed by atoms with Gasteiger partial charge < -0.3 is 4.74 Å². The monoisotopic (exact) mass is 222 g/mol. The topological polar surface area (TPSA) is 43.4 Å². The van der Waals surface area contributed by atoms with Gasteiger partial charge in [0.15, 0.2) is 11.5 Å². The minimum Gasteiger partial charge on any atom is -0.492 e. The highest BCUT2D eigenvalue weighted by molar-refractivity contribution is 6.22. The van der Waals surface area contributed by atoms with E-state index in [1.807, 2.05) is 27.7 Å². The molecule has 0 aliphatic heterocycles. The number of ether oxygens (including phenoxy) is 1. The molecule has 88 valence electrons. The molecule has 0 aromatic heterocycles. The number of Topliss-reactive ketones (excluding diaryl/α,β-unsaturated/α-hetero) is 1. The molecule has 0 bridgehead atoms. The summed E-state index contributed by atoms with van der Waals surface area (Å²) in [6, 6.07) is 0. The summed E-state index contributed by atoms with van der Waals surface area (Å²) in [7, 11) is 1.44. The standard InChI is InChI=1S/C13H18O3/c1-6-8-7-9(14)10(13(2,3)4)12(16-5)11(8)15/h7H,6H2,1-5H3. The lowest BCUT2D eigenvalue weighted by Gasteiger charge is -2.26. The van der Waals surface area contributed by atoms with Crippen molar-refractivity contribution in [3.63, 3.8) is 0 Å². The molecule has 1 rings (SSSR count). The largest absolute Gasteiger partial charge is 0.492 e. The molecule has 0 radical (unpaired) electrons. The lowest BCUT2D eigenvalue weighted by molar-refractivity contribution is -0.119. The van der Waals surface area contributed by atoms with E-state index in [-0.39, 0.29) is 22.7 Å². The Morgan fingerprint density at radius 3 is 2.19 bits per heavy atom. The van der Waals surface area contributed by atoms with E-state index in [9.17, 15) is 9.59 Å². The zero-order valence-electron chi connectivity index (χ0n) is 10.5. The molecule has 1 aliphatic rings. The molecule has 0 aromatic rings. The number of ketones is 2. The van der Waals surface area contributed by atoms with E-state index >= 15 is 0 Å². The van der Waals surface area contributed by atoms with Gasteiger partial charge in [0.2, 0.25) is 5.78 Å². The highest BCUT2D eigenvalue weighted by atomic mass is 16.5. The van der Waals surface area contributed by atoms with Crippen LogP contribution in [0.2, 0.25) is 0 Å². The lowest BCUT2D eigenvalue weighted by atomic mass is 9.78. The summed E-state index contributed by atoms with van der Waals surface area (Å²) >= 11 is 0. The van der Waals surface area contributed by atoms with Gasteiger partial charge in [0.05, 0.1) is 12.7 Å². The van der Waals surface area contributed by atoms with E-state index in [2.05, 4.69) is 0 Å². The van der Waals surface area contributed by atoms with Crippen LogP contribution in [0.15, 0.2) is 23.0 Å². The molecular formula is C13H18O3. The molecule has 0 fully saturated rings. The average molecular weight is 222 g/mol. The van der Waals surface area contributed by atoms with Crippen molar-refractivity contribution in [1.29, 1.82) is 0 Å². The van der Waals surface area contributed by atoms with Crippen molar-refractivity contribution in [2.24, 2.45) is 5.41 Å². The van der Waals surface area contributed by atoms with Gasteiger partial charge in [-0.1, -0.05) is 27.7 Å². The number of rotatable bonds is 2. The fourth-order valence-electron chi connectivity index (χ4n) is 1.83. The summed E-state index contributed by atoms with van der Waals surface area (Å²) in [4.78, 5) is 23.9. The van der Waals surface area contributed by atoms with Crippen LogP contribution < -0.4 is 0 Å². The van der Waals surface area contributed by atoms with Gasteiger partial charge in [-0.15, -0.1) is 0 Å².